The summed E-state index contributed by atoms with van der Waals surface area (Å²) in [5, 5.41) is 0. The van der Waals surface area contributed by atoms with E-state index in [0.717, 1.165) is 0 Å². The maximum atomic E-state index is 2.54. The number of benzene rings is 1. The highest BCUT2D eigenvalue weighted by Gasteiger charge is 2.26. The van der Waals surface area contributed by atoms with E-state index in [1.165, 1.54) is 37.2 Å². The molecule has 1 aliphatic heterocycles. The summed E-state index contributed by atoms with van der Waals surface area (Å²) in [7, 11) is 0. The molecule has 1 aromatic carbocycles. The smallest absolute Gasteiger partial charge is 0.0366 e. The molecule has 1 aromatic rings. The van der Waals surface area contributed by atoms with Gasteiger partial charge in [-0.3, -0.25) is 0 Å². The van der Waals surface area contributed by atoms with Gasteiger partial charge in [-0.1, -0.05) is 46.8 Å². The Morgan fingerprint density at radius 2 is 1.67 bits per heavy atom. The van der Waals surface area contributed by atoms with Gasteiger partial charge < -0.3 is 4.90 Å². The van der Waals surface area contributed by atoms with Crippen molar-refractivity contribution in [2.45, 2.75) is 52.9 Å². The van der Waals surface area contributed by atoms with Gasteiger partial charge in [-0.05, 0) is 41.4 Å². The maximum Gasteiger partial charge on any atom is 0.0366 e. The molecule has 0 spiro atoms. The van der Waals surface area contributed by atoms with Crippen molar-refractivity contribution in [3.05, 3.63) is 29.8 Å². The van der Waals surface area contributed by atoms with Gasteiger partial charge in [0.2, 0.25) is 0 Å². The first kappa shape index (κ1) is 13.5. The second-order valence-electron chi connectivity index (χ2n) is 7.49. The Balaban J connectivity index is 2.15. The number of hydrogen-bond acceptors (Lipinski definition) is 1. The second-order valence-corrected chi connectivity index (χ2v) is 7.49. The van der Waals surface area contributed by atoms with E-state index in [0.29, 0.717) is 5.41 Å². The molecule has 0 radical (unpaired) electrons. The summed E-state index contributed by atoms with van der Waals surface area (Å²) in [6.07, 6.45) is 2.66. The predicted octanol–water partition coefficient (Wildman–Crippen LogP) is 4.61. The first-order chi connectivity index (χ1) is 8.28. The van der Waals surface area contributed by atoms with Crippen LogP contribution >= 0.6 is 0 Å². The third-order valence-electron chi connectivity index (χ3n) is 4.00. The van der Waals surface area contributed by atoms with E-state index in [9.17, 15) is 0 Å². The van der Waals surface area contributed by atoms with E-state index in [-0.39, 0.29) is 5.41 Å². The summed E-state index contributed by atoms with van der Waals surface area (Å²) in [5.41, 5.74) is 3.51. The molecule has 1 heterocycles. The van der Waals surface area contributed by atoms with E-state index in [2.05, 4.69) is 63.8 Å². The van der Waals surface area contributed by atoms with Crippen molar-refractivity contribution in [1.82, 2.24) is 0 Å². The highest BCUT2D eigenvalue weighted by Crippen LogP contribution is 2.32. The van der Waals surface area contributed by atoms with Crippen LogP contribution in [0.15, 0.2) is 24.3 Å². The number of piperidine rings is 1. The van der Waals surface area contributed by atoms with Gasteiger partial charge in [0.25, 0.3) is 0 Å². The Kier molecular flexibility index (Phi) is 3.44. The van der Waals surface area contributed by atoms with Gasteiger partial charge in [-0.25, -0.2) is 0 Å². The number of anilines is 1. The lowest BCUT2D eigenvalue weighted by Gasteiger charge is -2.39. The van der Waals surface area contributed by atoms with Gasteiger partial charge in [-0.15, -0.1) is 0 Å². The molecule has 1 aliphatic rings. The van der Waals surface area contributed by atoms with E-state index in [1.807, 2.05) is 0 Å². The van der Waals surface area contributed by atoms with Gasteiger partial charge in [0, 0.05) is 18.8 Å². The summed E-state index contributed by atoms with van der Waals surface area (Å²) >= 11 is 0. The average Bonchev–Trinajstić information content (AvgIpc) is 2.27. The van der Waals surface area contributed by atoms with Crippen LogP contribution in [0.2, 0.25) is 0 Å². The predicted molar refractivity (Wildman–Crippen MR) is 80.4 cm³/mol. The lowest BCUT2D eigenvalue weighted by atomic mass is 9.83. The highest BCUT2D eigenvalue weighted by atomic mass is 15.1. The molecule has 1 nitrogen and oxygen atoms in total. The monoisotopic (exact) mass is 245 g/mol. The van der Waals surface area contributed by atoms with Gasteiger partial charge in [0.05, 0.1) is 0 Å². The van der Waals surface area contributed by atoms with Crippen molar-refractivity contribution in [3.63, 3.8) is 0 Å². The molecule has 1 saturated heterocycles. The van der Waals surface area contributed by atoms with E-state index < -0.39 is 0 Å². The topological polar surface area (TPSA) is 3.24 Å². The van der Waals surface area contributed by atoms with Crippen LogP contribution in [0.4, 0.5) is 5.69 Å². The summed E-state index contributed by atoms with van der Waals surface area (Å²) in [6, 6.07) is 9.16. The Morgan fingerprint density at radius 3 is 2.17 bits per heavy atom. The minimum atomic E-state index is 0.250. The minimum Gasteiger partial charge on any atom is -0.371 e. The summed E-state index contributed by atoms with van der Waals surface area (Å²) in [4.78, 5) is 2.54. The molecule has 18 heavy (non-hydrogen) atoms. The summed E-state index contributed by atoms with van der Waals surface area (Å²) in [6.45, 7) is 14.0. The van der Waals surface area contributed by atoms with E-state index in [4.69, 9.17) is 0 Å². The van der Waals surface area contributed by atoms with Crippen molar-refractivity contribution < 1.29 is 0 Å². The van der Waals surface area contributed by atoms with Crippen molar-refractivity contribution in [2.24, 2.45) is 5.41 Å². The van der Waals surface area contributed by atoms with Crippen LogP contribution in [0.3, 0.4) is 0 Å². The zero-order valence-electron chi connectivity index (χ0n) is 12.6. The third-order valence-corrected chi connectivity index (χ3v) is 4.00. The fourth-order valence-corrected chi connectivity index (χ4v) is 2.82. The average molecular weight is 245 g/mol. The van der Waals surface area contributed by atoms with Crippen molar-refractivity contribution in [2.75, 3.05) is 18.0 Å². The van der Waals surface area contributed by atoms with Gasteiger partial charge in [0.15, 0.2) is 0 Å². The molecule has 0 atom stereocenters. The molecule has 0 bridgehead atoms. The van der Waals surface area contributed by atoms with Crippen LogP contribution in [0, 0.1) is 5.41 Å². The second kappa shape index (κ2) is 4.60. The highest BCUT2D eigenvalue weighted by molar-refractivity contribution is 5.49. The molecule has 0 aliphatic carbocycles. The molecular weight excluding hydrogens is 218 g/mol. The molecule has 0 saturated carbocycles. The van der Waals surface area contributed by atoms with Gasteiger partial charge in [-0.2, -0.15) is 0 Å². The van der Waals surface area contributed by atoms with Gasteiger partial charge >= 0.3 is 0 Å². The molecule has 0 unspecified atom stereocenters. The quantitative estimate of drug-likeness (QED) is 0.698. The molecule has 1 heteroatoms. The molecule has 1 fully saturated rings. The van der Waals surface area contributed by atoms with E-state index in [1.54, 1.807) is 0 Å². The van der Waals surface area contributed by atoms with Crippen LogP contribution in [-0.2, 0) is 5.41 Å². The zero-order valence-corrected chi connectivity index (χ0v) is 12.6. The Morgan fingerprint density at radius 1 is 1.06 bits per heavy atom. The molecule has 100 valence electrons. The maximum absolute atomic E-state index is 2.54. The Bertz CT molecular complexity index is 395. The van der Waals surface area contributed by atoms with Crippen LogP contribution < -0.4 is 4.90 Å². The van der Waals surface area contributed by atoms with Crippen LogP contribution in [0.25, 0.3) is 0 Å². The van der Waals surface area contributed by atoms with Crippen molar-refractivity contribution in [1.29, 1.82) is 0 Å². The standard InChI is InChI=1S/C17H27N/c1-16(2,3)14-7-9-15(10-8-14)18-12-6-11-17(4,5)13-18/h7-10H,6,11-13H2,1-5H3. The van der Waals surface area contributed by atoms with Gasteiger partial charge in [0.1, 0.15) is 0 Å². The van der Waals surface area contributed by atoms with Crippen LogP contribution in [0.5, 0.6) is 0 Å². The van der Waals surface area contributed by atoms with Crippen molar-refractivity contribution >= 4 is 5.69 Å². The first-order valence-electron chi connectivity index (χ1n) is 7.13. The Hall–Kier alpha value is -0.980. The number of nitrogens with zero attached hydrogens (tertiary/aromatic N) is 1. The fraction of sp³-hybridized carbons (Fsp3) is 0.647. The normalized spacial score (nSPS) is 19.9. The Labute approximate surface area is 112 Å². The lowest BCUT2D eigenvalue weighted by Crippen LogP contribution is -2.40. The fourth-order valence-electron chi connectivity index (χ4n) is 2.82. The number of rotatable bonds is 1. The summed E-state index contributed by atoms with van der Waals surface area (Å²) in [5.74, 6) is 0. The third kappa shape index (κ3) is 3.07. The first-order valence-corrected chi connectivity index (χ1v) is 7.13. The minimum absolute atomic E-state index is 0.250. The molecule has 0 N–H and O–H groups in total. The largest absolute Gasteiger partial charge is 0.371 e. The zero-order chi connectivity index (χ0) is 13.4. The lowest BCUT2D eigenvalue weighted by molar-refractivity contribution is 0.293. The molecule has 0 amide bonds. The van der Waals surface area contributed by atoms with Crippen LogP contribution in [0.1, 0.15) is 53.0 Å². The van der Waals surface area contributed by atoms with Crippen molar-refractivity contribution in [3.8, 4) is 0 Å². The SMILES string of the molecule is CC1(C)CCCN(c2ccc(C(C)(C)C)cc2)C1. The molecule has 0 aromatic heterocycles. The molecule has 2 rings (SSSR count). The summed E-state index contributed by atoms with van der Waals surface area (Å²) < 4.78 is 0. The molecular formula is C17H27N. The number of hydrogen-bond donors (Lipinski definition) is 0. The van der Waals surface area contributed by atoms with E-state index >= 15 is 0 Å². The van der Waals surface area contributed by atoms with Crippen LogP contribution in [-0.4, -0.2) is 13.1 Å².